The van der Waals surface area contributed by atoms with E-state index in [2.05, 4.69) is 21.3 Å². The van der Waals surface area contributed by atoms with Crippen LogP contribution in [-0.4, -0.2) is 44.8 Å². The number of thioether (sulfide) groups is 1. The Morgan fingerprint density at radius 2 is 1.88 bits per heavy atom. The van der Waals surface area contributed by atoms with Gasteiger partial charge in [0.2, 0.25) is 0 Å². The molecular formula is C26H26N4O2S. The van der Waals surface area contributed by atoms with Gasteiger partial charge in [-0.3, -0.25) is 9.69 Å². The van der Waals surface area contributed by atoms with Gasteiger partial charge in [-0.25, -0.2) is 4.98 Å². The van der Waals surface area contributed by atoms with E-state index >= 15 is 0 Å². The van der Waals surface area contributed by atoms with Crippen LogP contribution in [0.25, 0.3) is 5.65 Å². The third kappa shape index (κ3) is 5.38. The Balaban J connectivity index is 1.24. The third-order valence-corrected chi connectivity index (χ3v) is 6.60. The number of pyridine rings is 1. The van der Waals surface area contributed by atoms with Crippen LogP contribution in [0.2, 0.25) is 0 Å². The van der Waals surface area contributed by atoms with Crippen LogP contribution in [0.5, 0.6) is 5.75 Å². The lowest BCUT2D eigenvalue weighted by Crippen LogP contribution is -2.32. The molecule has 1 amide bonds. The molecule has 7 heteroatoms. The highest BCUT2D eigenvalue weighted by Crippen LogP contribution is 2.22. The second-order valence-corrected chi connectivity index (χ2v) is 9.24. The van der Waals surface area contributed by atoms with Crippen LogP contribution in [0.15, 0.2) is 79.1 Å². The van der Waals surface area contributed by atoms with Gasteiger partial charge >= 0.3 is 0 Å². The molecule has 1 N–H and O–H groups in total. The molecule has 0 unspecified atom stereocenters. The second-order valence-electron chi connectivity index (χ2n) is 8.01. The quantitative estimate of drug-likeness (QED) is 0.435. The lowest BCUT2D eigenvalue weighted by atomic mass is 10.1. The predicted octanol–water partition coefficient (Wildman–Crippen LogP) is 4.71. The van der Waals surface area contributed by atoms with Crippen molar-refractivity contribution in [3.8, 4) is 5.75 Å². The van der Waals surface area contributed by atoms with Crippen molar-refractivity contribution in [2.45, 2.75) is 13.2 Å². The van der Waals surface area contributed by atoms with Crippen LogP contribution < -0.4 is 10.1 Å². The molecule has 0 aliphatic carbocycles. The molecule has 5 rings (SSSR count). The summed E-state index contributed by atoms with van der Waals surface area (Å²) in [5.41, 5.74) is 4.27. The molecule has 33 heavy (non-hydrogen) atoms. The molecule has 0 spiro atoms. The van der Waals surface area contributed by atoms with Crippen molar-refractivity contribution in [3.05, 3.63) is 95.9 Å². The number of carbonyl (C=O) groups is 1. The standard InChI is InChI=1S/C26H26N4O2S/c31-26(28-24-9-2-1-6-21(24)17-29-12-14-33-15-13-29)20-7-5-8-23(16-20)32-19-22-18-30-11-4-3-10-25(30)27-22/h1-11,16,18H,12-15,17,19H2,(H,28,31). The molecule has 168 valence electrons. The van der Waals surface area contributed by atoms with Crippen molar-refractivity contribution in [3.63, 3.8) is 0 Å². The highest BCUT2D eigenvalue weighted by atomic mass is 32.2. The number of nitrogens with zero attached hydrogens (tertiary/aromatic N) is 3. The normalized spacial score (nSPS) is 14.3. The fourth-order valence-corrected chi connectivity index (χ4v) is 4.89. The Morgan fingerprint density at radius 3 is 2.76 bits per heavy atom. The summed E-state index contributed by atoms with van der Waals surface area (Å²) in [4.78, 5) is 20.0. The molecule has 0 radical (unpaired) electrons. The molecule has 4 aromatic rings. The summed E-state index contributed by atoms with van der Waals surface area (Å²) in [6, 6.07) is 21.2. The van der Waals surface area contributed by atoms with Gasteiger partial charge in [0.15, 0.2) is 0 Å². The van der Waals surface area contributed by atoms with Gasteiger partial charge in [0.05, 0.1) is 5.69 Å². The third-order valence-electron chi connectivity index (χ3n) is 5.66. The van der Waals surface area contributed by atoms with Gasteiger partial charge in [0, 0.05) is 54.8 Å². The number of carbonyl (C=O) groups excluding carboxylic acids is 1. The van der Waals surface area contributed by atoms with Crippen LogP contribution in [-0.2, 0) is 13.2 Å². The zero-order valence-corrected chi connectivity index (χ0v) is 19.1. The van der Waals surface area contributed by atoms with Gasteiger partial charge in [-0.1, -0.05) is 30.3 Å². The van der Waals surface area contributed by atoms with Gasteiger partial charge in [-0.15, -0.1) is 0 Å². The van der Waals surface area contributed by atoms with E-state index in [0.717, 1.165) is 53.7 Å². The number of anilines is 1. The minimum absolute atomic E-state index is 0.144. The van der Waals surface area contributed by atoms with Crippen molar-refractivity contribution < 1.29 is 9.53 Å². The average molecular weight is 459 g/mol. The van der Waals surface area contributed by atoms with Crippen LogP contribution >= 0.6 is 11.8 Å². The number of hydrogen-bond donors (Lipinski definition) is 1. The number of imidazole rings is 1. The Bertz CT molecular complexity index is 1220. The predicted molar refractivity (Wildman–Crippen MR) is 133 cm³/mol. The van der Waals surface area contributed by atoms with E-state index in [0.29, 0.717) is 17.9 Å². The van der Waals surface area contributed by atoms with Crippen molar-refractivity contribution in [2.75, 3.05) is 29.9 Å². The first-order chi connectivity index (χ1) is 16.2. The van der Waals surface area contributed by atoms with E-state index in [1.54, 1.807) is 12.1 Å². The first kappa shape index (κ1) is 21.6. The second kappa shape index (κ2) is 10.1. The zero-order valence-electron chi connectivity index (χ0n) is 18.3. The van der Waals surface area contributed by atoms with Gasteiger partial charge in [-0.05, 0) is 42.0 Å². The van der Waals surface area contributed by atoms with Crippen LogP contribution in [0, 0.1) is 0 Å². The zero-order chi connectivity index (χ0) is 22.5. The van der Waals surface area contributed by atoms with Crippen molar-refractivity contribution >= 4 is 29.0 Å². The maximum Gasteiger partial charge on any atom is 0.255 e. The molecule has 1 saturated heterocycles. The molecular weight excluding hydrogens is 432 g/mol. The fraction of sp³-hybridized carbons (Fsp3) is 0.231. The molecule has 6 nitrogen and oxygen atoms in total. The maximum absolute atomic E-state index is 13.0. The van der Waals surface area contributed by atoms with Crippen LogP contribution in [0.1, 0.15) is 21.6 Å². The molecule has 0 bridgehead atoms. The molecule has 2 aromatic heterocycles. The Hall–Kier alpha value is -3.29. The first-order valence-corrected chi connectivity index (χ1v) is 12.2. The number of ether oxygens (including phenoxy) is 1. The summed E-state index contributed by atoms with van der Waals surface area (Å²) in [6.07, 6.45) is 3.91. The van der Waals surface area contributed by atoms with E-state index in [4.69, 9.17) is 4.74 Å². The number of amides is 1. The number of nitrogens with one attached hydrogen (secondary N) is 1. The molecule has 1 fully saturated rings. The van der Waals surface area contributed by atoms with E-state index in [1.807, 2.05) is 77.1 Å². The number of hydrogen-bond acceptors (Lipinski definition) is 5. The SMILES string of the molecule is O=C(Nc1ccccc1CN1CCSCC1)c1cccc(OCc2cn3ccccc3n2)c1. The van der Waals surface area contributed by atoms with E-state index < -0.39 is 0 Å². The van der Waals surface area contributed by atoms with Gasteiger partial charge in [0.1, 0.15) is 18.0 Å². The number of aromatic nitrogens is 2. The Morgan fingerprint density at radius 1 is 1.03 bits per heavy atom. The Labute approximate surface area is 197 Å². The highest BCUT2D eigenvalue weighted by Gasteiger charge is 2.15. The Kier molecular flexibility index (Phi) is 6.60. The van der Waals surface area contributed by atoms with Crippen LogP contribution in [0.4, 0.5) is 5.69 Å². The van der Waals surface area contributed by atoms with Crippen molar-refractivity contribution in [2.24, 2.45) is 0 Å². The van der Waals surface area contributed by atoms with Gasteiger partial charge in [-0.2, -0.15) is 11.8 Å². The van der Waals surface area contributed by atoms with Crippen molar-refractivity contribution in [1.29, 1.82) is 0 Å². The average Bonchev–Trinajstić information content (AvgIpc) is 3.28. The summed E-state index contributed by atoms with van der Waals surface area (Å²) >= 11 is 2.00. The molecule has 3 heterocycles. The molecule has 0 saturated carbocycles. The minimum atomic E-state index is -0.144. The summed E-state index contributed by atoms with van der Waals surface area (Å²) in [5, 5.41) is 3.09. The molecule has 0 atom stereocenters. The van der Waals surface area contributed by atoms with E-state index in [-0.39, 0.29) is 5.91 Å². The molecule has 1 aliphatic heterocycles. The summed E-state index contributed by atoms with van der Waals surface area (Å²) in [6.45, 7) is 3.35. The fourth-order valence-electron chi connectivity index (χ4n) is 3.92. The first-order valence-electron chi connectivity index (χ1n) is 11.1. The minimum Gasteiger partial charge on any atom is -0.487 e. The van der Waals surface area contributed by atoms with Gasteiger partial charge < -0.3 is 14.5 Å². The largest absolute Gasteiger partial charge is 0.487 e. The van der Waals surface area contributed by atoms with E-state index in [9.17, 15) is 4.79 Å². The summed E-state index contributed by atoms with van der Waals surface area (Å²) in [7, 11) is 0. The smallest absolute Gasteiger partial charge is 0.255 e. The summed E-state index contributed by atoms with van der Waals surface area (Å²) < 4.78 is 7.88. The lowest BCUT2D eigenvalue weighted by Gasteiger charge is -2.27. The monoisotopic (exact) mass is 458 g/mol. The maximum atomic E-state index is 13.0. The topological polar surface area (TPSA) is 58.9 Å². The molecule has 2 aromatic carbocycles. The highest BCUT2D eigenvalue weighted by molar-refractivity contribution is 7.99. The summed E-state index contributed by atoms with van der Waals surface area (Å²) in [5.74, 6) is 2.82. The number of para-hydroxylation sites is 1. The number of rotatable bonds is 7. The number of fused-ring (bicyclic) bond motifs is 1. The molecule has 1 aliphatic rings. The van der Waals surface area contributed by atoms with E-state index in [1.165, 1.54) is 0 Å². The van der Waals surface area contributed by atoms with Gasteiger partial charge in [0.25, 0.3) is 5.91 Å². The van der Waals surface area contributed by atoms with Crippen LogP contribution in [0.3, 0.4) is 0 Å². The number of benzene rings is 2. The van der Waals surface area contributed by atoms with Crippen molar-refractivity contribution in [1.82, 2.24) is 14.3 Å². The lowest BCUT2D eigenvalue weighted by molar-refractivity contribution is 0.102.